The summed E-state index contributed by atoms with van der Waals surface area (Å²) in [5, 5.41) is 9.20. The standard InChI is InChI=1S/C33H47N3O4S/c1-6-17-34(22-25-15-11-10-12-16-25)30(38)27-26-21-24(5)33(41-26)28(27)31(39)36(19-13-8-9-14-20-37)29(33)32(40)35(18-7-2)23(3)4/h6-7,10-12,15-16,23-24,26-29,37H,1-2,8-9,13-14,17-22H2,3-5H3/t24?,26-,27+,28-,29?,33?/m0/s1. The maximum atomic E-state index is 14.4. The van der Waals surface area contributed by atoms with Crippen LogP contribution in [0.2, 0.25) is 0 Å². The summed E-state index contributed by atoms with van der Waals surface area (Å²) in [5.41, 5.74) is 1.04. The first-order valence-corrected chi connectivity index (χ1v) is 16.0. The van der Waals surface area contributed by atoms with E-state index in [1.54, 1.807) is 23.9 Å². The van der Waals surface area contributed by atoms with Gasteiger partial charge in [0, 0.05) is 44.1 Å². The molecule has 3 amide bonds. The summed E-state index contributed by atoms with van der Waals surface area (Å²) in [6, 6.07) is 9.27. The fourth-order valence-corrected chi connectivity index (χ4v) is 9.73. The third-order valence-electron chi connectivity index (χ3n) is 9.18. The van der Waals surface area contributed by atoms with Crippen LogP contribution in [0.4, 0.5) is 0 Å². The number of carbonyl (C=O) groups is 3. The zero-order valence-corrected chi connectivity index (χ0v) is 25.7. The van der Waals surface area contributed by atoms with Gasteiger partial charge in [0.05, 0.1) is 16.6 Å². The summed E-state index contributed by atoms with van der Waals surface area (Å²) in [4.78, 5) is 48.7. The van der Waals surface area contributed by atoms with Crippen LogP contribution in [0, 0.1) is 17.8 Å². The molecule has 1 N–H and O–H groups in total. The molecule has 3 saturated heterocycles. The molecule has 3 aliphatic rings. The molecule has 1 aromatic rings. The van der Waals surface area contributed by atoms with E-state index in [1.165, 1.54) is 0 Å². The van der Waals surface area contributed by atoms with Crippen LogP contribution in [0.25, 0.3) is 0 Å². The Kier molecular flexibility index (Phi) is 10.4. The molecule has 224 valence electrons. The van der Waals surface area contributed by atoms with Gasteiger partial charge < -0.3 is 19.8 Å². The molecule has 3 aliphatic heterocycles. The number of aliphatic hydroxyl groups excluding tert-OH is 1. The van der Waals surface area contributed by atoms with E-state index in [0.29, 0.717) is 26.2 Å². The number of benzene rings is 1. The van der Waals surface area contributed by atoms with Crippen molar-refractivity contribution in [3.63, 3.8) is 0 Å². The smallest absolute Gasteiger partial charge is 0.247 e. The van der Waals surface area contributed by atoms with Crippen molar-refractivity contribution in [3.8, 4) is 0 Å². The predicted molar refractivity (Wildman–Crippen MR) is 165 cm³/mol. The average molecular weight is 582 g/mol. The molecule has 3 heterocycles. The van der Waals surface area contributed by atoms with Crippen molar-refractivity contribution in [2.24, 2.45) is 17.8 Å². The Bertz CT molecular complexity index is 1110. The highest BCUT2D eigenvalue weighted by Crippen LogP contribution is 2.69. The molecule has 4 rings (SSSR count). The number of unbranched alkanes of at least 4 members (excludes halogenated alkanes) is 3. The third kappa shape index (κ3) is 5.87. The monoisotopic (exact) mass is 581 g/mol. The molecule has 2 bridgehead atoms. The molecule has 1 spiro atoms. The van der Waals surface area contributed by atoms with E-state index in [1.807, 2.05) is 58.9 Å². The lowest BCUT2D eigenvalue weighted by Crippen LogP contribution is -2.58. The normalized spacial score (nSPS) is 28.2. The molecule has 7 nitrogen and oxygen atoms in total. The molecule has 6 atom stereocenters. The van der Waals surface area contributed by atoms with E-state index < -0.39 is 22.6 Å². The van der Waals surface area contributed by atoms with Gasteiger partial charge in [-0.3, -0.25) is 14.4 Å². The topological polar surface area (TPSA) is 81.2 Å². The van der Waals surface area contributed by atoms with E-state index in [0.717, 1.165) is 37.7 Å². The number of thioether (sulfide) groups is 1. The molecule has 3 fully saturated rings. The average Bonchev–Trinajstić information content (AvgIpc) is 3.54. The molecule has 41 heavy (non-hydrogen) atoms. The number of amides is 3. The minimum Gasteiger partial charge on any atom is -0.396 e. The lowest BCUT2D eigenvalue weighted by Gasteiger charge is -2.41. The van der Waals surface area contributed by atoms with E-state index in [9.17, 15) is 19.5 Å². The summed E-state index contributed by atoms with van der Waals surface area (Å²) in [7, 11) is 0. The zero-order chi connectivity index (χ0) is 29.7. The van der Waals surface area contributed by atoms with Gasteiger partial charge in [-0.15, -0.1) is 24.9 Å². The number of aliphatic hydroxyl groups is 1. The van der Waals surface area contributed by atoms with Crippen LogP contribution in [0.15, 0.2) is 55.6 Å². The second-order valence-electron chi connectivity index (χ2n) is 12.1. The fraction of sp³-hybridized carbons (Fsp3) is 0.606. The Morgan fingerprint density at radius 3 is 2.41 bits per heavy atom. The Balaban J connectivity index is 1.70. The van der Waals surface area contributed by atoms with Crippen LogP contribution in [-0.4, -0.2) is 85.8 Å². The summed E-state index contributed by atoms with van der Waals surface area (Å²) < 4.78 is -0.634. The summed E-state index contributed by atoms with van der Waals surface area (Å²) in [6.07, 6.45) is 7.56. The van der Waals surface area contributed by atoms with Gasteiger partial charge in [-0.05, 0) is 44.6 Å². The van der Waals surface area contributed by atoms with Gasteiger partial charge in [-0.25, -0.2) is 0 Å². The van der Waals surface area contributed by atoms with E-state index in [4.69, 9.17) is 0 Å². The predicted octanol–water partition coefficient (Wildman–Crippen LogP) is 4.51. The van der Waals surface area contributed by atoms with Crippen molar-refractivity contribution in [1.29, 1.82) is 0 Å². The molecule has 0 radical (unpaired) electrons. The number of rotatable bonds is 15. The molecule has 1 aromatic carbocycles. The Labute approximate surface area is 250 Å². The first-order valence-electron chi connectivity index (χ1n) is 15.2. The van der Waals surface area contributed by atoms with Gasteiger partial charge in [0.2, 0.25) is 17.7 Å². The quantitative estimate of drug-likeness (QED) is 0.244. The molecular weight excluding hydrogens is 534 g/mol. The minimum atomic E-state index is -0.634. The number of likely N-dealkylation sites (tertiary alicyclic amines) is 1. The minimum absolute atomic E-state index is 0.00319. The van der Waals surface area contributed by atoms with Crippen molar-refractivity contribution >= 4 is 29.5 Å². The first kappa shape index (κ1) is 31.4. The highest BCUT2D eigenvalue weighted by Gasteiger charge is 2.76. The number of hydrogen-bond acceptors (Lipinski definition) is 5. The lowest BCUT2D eigenvalue weighted by molar-refractivity contribution is -0.145. The van der Waals surface area contributed by atoms with Gasteiger partial charge in [-0.2, -0.15) is 0 Å². The van der Waals surface area contributed by atoms with Gasteiger partial charge in [-0.1, -0.05) is 62.2 Å². The van der Waals surface area contributed by atoms with Crippen LogP contribution < -0.4 is 0 Å². The molecule has 8 heteroatoms. The van der Waals surface area contributed by atoms with Gasteiger partial charge in [0.25, 0.3) is 0 Å². The SMILES string of the molecule is C=CCN(Cc1ccccc1)C(=O)[C@@H]1[C@@H]2CC(C)C3(S2)C(C(=O)N(CC=C)C(C)C)N(CCCCCCO)C(=O)[C@H]13. The second kappa shape index (κ2) is 13.6. The molecule has 0 aromatic heterocycles. The maximum Gasteiger partial charge on any atom is 0.247 e. The van der Waals surface area contributed by atoms with E-state index in [2.05, 4.69) is 20.1 Å². The van der Waals surface area contributed by atoms with Crippen LogP contribution >= 0.6 is 11.8 Å². The molecule has 0 aliphatic carbocycles. The Morgan fingerprint density at radius 2 is 1.78 bits per heavy atom. The van der Waals surface area contributed by atoms with E-state index >= 15 is 0 Å². The molecular formula is C33H47N3O4S. The molecule has 0 saturated carbocycles. The van der Waals surface area contributed by atoms with Crippen LogP contribution in [0.5, 0.6) is 0 Å². The summed E-state index contributed by atoms with van der Waals surface area (Å²) >= 11 is 1.73. The van der Waals surface area contributed by atoms with Crippen LogP contribution in [0.3, 0.4) is 0 Å². The van der Waals surface area contributed by atoms with Crippen LogP contribution in [-0.2, 0) is 20.9 Å². The van der Waals surface area contributed by atoms with Crippen molar-refractivity contribution in [1.82, 2.24) is 14.7 Å². The Morgan fingerprint density at radius 1 is 1.10 bits per heavy atom. The van der Waals surface area contributed by atoms with Gasteiger partial charge in [0.15, 0.2) is 0 Å². The summed E-state index contributed by atoms with van der Waals surface area (Å²) in [6.45, 7) is 15.9. The van der Waals surface area contributed by atoms with Crippen molar-refractivity contribution in [2.75, 3.05) is 26.2 Å². The van der Waals surface area contributed by atoms with Gasteiger partial charge in [0.1, 0.15) is 6.04 Å². The highest BCUT2D eigenvalue weighted by molar-refractivity contribution is 8.02. The highest BCUT2D eigenvalue weighted by atomic mass is 32.2. The van der Waals surface area contributed by atoms with E-state index in [-0.39, 0.29) is 41.5 Å². The van der Waals surface area contributed by atoms with Crippen molar-refractivity contribution < 1.29 is 19.5 Å². The number of hydrogen-bond donors (Lipinski definition) is 1. The number of nitrogens with zero attached hydrogens (tertiary/aromatic N) is 3. The second-order valence-corrected chi connectivity index (χ2v) is 13.6. The van der Waals surface area contributed by atoms with Crippen LogP contribution in [0.1, 0.15) is 58.4 Å². The van der Waals surface area contributed by atoms with Gasteiger partial charge >= 0.3 is 0 Å². The Hall–Kier alpha value is -2.58. The third-order valence-corrected chi connectivity index (χ3v) is 11.3. The fourth-order valence-electron chi connectivity index (χ4n) is 7.32. The largest absolute Gasteiger partial charge is 0.396 e. The lowest BCUT2D eigenvalue weighted by atomic mass is 9.65. The number of fused-ring (bicyclic) bond motifs is 1. The number of carbonyl (C=O) groups excluding carboxylic acids is 3. The van der Waals surface area contributed by atoms with Crippen molar-refractivity contribution in [2.45, 2.75) is 81.5 Å². The van der Waals surface area contributed by atoms with Crippen molar-refractivity contribution in [3.05, 3.63) is 61.2 Å². The maximum absolute atomic E-state index is 14.4. The molecule has 3 unspecified atom stereocenters. The zero-order valence-electron chi connectivity index (χ0n) is 24.9. The first-order chi connectivity index (χ1) is 19.7. The summed E-state index contributed by atoms with van der Waals surface area (Å²) in [5.74, 6) is -0.961.